The molecule has 3 N–H and O–H groups in total. The Balaban J connectivity index is 0.00000264. The third-order valence-electron chi connectivity index (χ3n) is 3.98. The molecule has 0 aliphatic heterocycles. The summed E-state index contributed by atoms with van der Waals surface area (Å²) in [5.74, 6) is 2.32. The first-order valence-corrected chi connectivity index (χ1v) is 8.52. The normalized spacial score (nSPS) is 15.7. The molecule has 130 valence electrons. The molecule has 0 saturated heterocycles. The molecular weight excluding hydrogens is 399 g/mol. The van der Waals surface area contributed by atoms with Gasteiger partial charge in [-0.1, -0.05) is 32.0 Å². The lowest BCUT2D eigenvalue weighted by Gasteiger charge is -2.22. The maximum atomic E-state index is 4.76. The second-order valence-electron chi connectivity index (χ2n) is 6.40. The van der Waals surface area contributed by atoms with Crippen LogP contribution in [0.4, 0.5) is 5.69 Å². The fourth-order valence-corrected chi connectivity index (χ4v) is 2.27. The number of aliphatic imine (C=N–C) groups is 1. The maximum absolute atomic E-state index is 4.76. The van der Waals surface area contributed by atoms with Crippen LogP contribution in [-0.2, 0) is 0 Å². The molecule has 0 radical (unpaired) electrons. The Morgan fingerprint density at radius 3 is 2.43 bits per heavy atom. The Morgan fingerprint density at radius 2 is 1.87 bits per heavy atom. The van der Waals surface area contributed by atoms with Crippen molar-refractivity contribution in [2.45, 2.75) is 39.7 Å². The maximum Gasteiger partial charge on any atom is 0.191 e. The van der Waals surface area contributed by atoms with E-state index >= 15 is 0 Å². The summed E-state index contributed by atoms with van der Waals surface area (Å²) >= 11 is 0. The summed E-state index contributed by atoms with van der Waals surface area (Å²) in [5.41, 5.74) is 1.16. The number of hydrogen-bond donors (Lipinski definition) is 3. The molecule has 4 nitrogen and oxygen atoms in total. The van der Waals surface area contributed by atoms with Gasteiger partial charge in [-0.2, -0.15) is 0 Å². The number of rotatable bonds is 8. The standard InChI is InChI=1S/C18H30N4.HI/c1-4-19-18(20-12-15-10-11-15)21-13-17(14(2)3)22-16-8-6-5-7-9-16;/h5-9,14-15,17,22H,4,10-13H2,1-3H3,(H2,19,20,21);1H. The number of hydrogen-bond acceptors (Lipinski definition) is 2. The largest absolute Gasteiger partial charge is 0.380 e. The number of nitrogens with one attached hydrogen (secondary N) is 3. The molecule has 0 spiro atoms. The first kappa shape index (κ1) is 20.1. The van der Waals surface area contributed by atoms with Crippen LogP contribution >= 0.6 is 24.0 Å². The molecule has 1 aliphatic rings. The van der Waals surface area contributed by atoms with Gasteiger partial charge < -0.3 is 16.0 Å². The first-order valence-electron chi connectivity index (χ1n) is 8.52. The highest BCUT2D eigenvalue weighted by Gasteiger charge is 2.21. The first-order chi connectivity index (χ1) is 10.7. The van der Waals surface area contributed by atoms with Crippen LogP contribution in [0.25, 0.3) is 0 Å². The average Bonchev–Trinajstić information content (AvgIpc) is 3.33. The molecule has 2 rings (SSSR count). The minimum atomic E-state index is 0. The highest BCUT2D eigenvalue weighted by atomic mass is 127. The van der Waals surface area contributed by atoms with Crippen molar-refractivity contribution in [2.75, 3.05) is 25.0 Å². The molecule has 1 aromatic rings. The Bertz CT molecular complexity index is 457. The molecule has 0 bridgehead atoms. The Morgan fingerprint density at radius 1 is 1.17 bits per heavy atom. The number of nitrogens with zero attached hydrogens (tertiary/aromatic N) is 1. The smallest absolute Gasteiger partial charge is 0.191 e. The molecule has 1 atom stereocenters. The van der Waals surface area contributed by atoms with Crippen LogP contribution in [0.1, 0.15) is 33.6 Å². The van der Waals surface area contributed by atoms with Gasteiger partial charge in [0, 0.05) is 24.8 Å². The van der Waals surface area contributed by atoms with E-state index in [4.69, 9.17) is 4.99 Å². The molecule has 1 unspecified atom stereocenters. The summed E-state index contributed by atoms with van der Waals surface area (Å²) in [5, 5.41) is 10.4. The van der Waals surface area contributed by atoms with Crippen molar-refractivity contribution in [3.8, 4) is 0 Å². The van der Waals surface area contributed by atoms with Gasteiger partial charge in [-0.15, -0.1) is 24.0 Å². The quantitative estimate of drug-likeness (QED) is 0.335. The number of guanidine groups is 1. The summed E-state index contributed by atoms with van der Waals surface area (Å²) in [6.45, 7) is 9.30. The Labute approximate surface area is 157 Å². The molecule has 0 amide bonds. The van der Waals surface area contributed by atoms with Crippen LogP contribution in [0, 0.1) is 11.8 Å². The Kier molecular flexibility index (Phi) is 9.36. The van der Waals surface area contributed by atoms with E-state index in [1.165, 1.54) is 12.8 Å². The number of para-hydroxylation sites is 1. The van der Waals surface area contributed by atoms with Crippen LogP contribution < -0.4 is 16.0 Å². The molecule has 0 heterocycles. The van der Waals surface area contributed by atoms with Crippen LogP contribution in [0.15, 0.2) is 35.3 Å². The van der Waals surface area contributed by atoms with Gasteiger partial charge >= 0.3 is 0 Å². The minimum absolute atomic E-state index is 0. The van der Waals surface area contributed by atoms with Crippen LogP contribution in [0.2, 0.25) is 0 Å². The van der Waals surface area contributed by atoms with E-state index in [-0.39, 0.29) is 24.0 Å². The van der Waals surface area contributed by atoms with E-state index in [1.54, 1.807) is 0 Å². The van der Waals surface area contributed by atoms with Crippen molar-refractivity contribution in [3.05, 3.63) is 30.3 Å². The molecule has 1 aliphatic carbocycles. The molecule has 1 saturated carbocycles. The fourth-order valence-electron chi connectivity index (χ4n) is 2.27. The van der Waals surface area contributed by atoms with Gasteiger partial charge in [-0.05, 0) is 43.7 Å². The highest BCUT2D eigenvalue weighted by Crippen LogP contribution is 2.27. The third-order valence-corrected chi connectivity index (χ3v) is 3.98. The van der Waals surface area contributed by atoms with Crippen molar-refractivity contribution < 1.29 is 0 Å². The van der Waals surface area contributed by atoms with Gasteiger partial charge in [0.25, 0.3) is 0 Å². The Hall–Kier alpha value is -0.980. The van der Waals surface area contributed by atoms with Crippen molar-refractivity contribution in [1.82, 2.24) is 10.6 Å². The summed E-state index contributed by atoms with van der Waals surface area (Å²) in [7, 11) is 0. The van der Waals surface area contributed by atoms with Crippen molar-refractivity contribution in [3.63, 3.8) is 0 Å². The predicted octanol–water partition coefficient (Wildman–Crippen LogP) is 3.71. The lowest BCUT2D eigenvalue weighted by Crippen LogP contribution is -2.40. The molecule has 5 heteroatoms. The zero-order valence-corrected chi connectivity index (χ0v) is 16.8. The lowest BCUT2D eigenvalue weighted by molar-refractivity contribution is 0.530. The van der Waals surface area contributed by atoms with E-state index in [2.05, 4.69) is 61.0 Å². The number of halogens is 1. The van der Waals surface area contributed by atoms with Gasteiger partial charge in [0.05, 0.1) is 6.54 Å². The van der Waals surface area contributed by atoms with Crippen LogP contribution in [-0.4, -0.2) is 31.6 Å². The van der Waals surface area contributed by atoms with E-state index in [0.717, 1.165) is 37.2 Å². The van der Waals surface area contributed by atoms with Crippen LogP contribution in [0.3, 0.4) is 0 Å². The molecule has 1 fully saturated rings. The SMILES string of the molecule is CCNC(=NCC(Nc1ccccc1)C(C)C)NCC1CC1.I. The third kappa shape index (κ3) is 7.90. The average molecular weight is 430 g/mol. The van der Waals surface area contributed by atoms with Crippen molar-refractivity contribution in [1.29, 1.82) is 0 Å². The summed E-state index contributed by atoms with van der Waals surface area (Å²) in [6, 6.07) is 10.7. The molecular formula is C18H31IN4. The zero-order valence-electron chi connectivity index (χ0n) is 14.5. The predicted molar refractivity (Wildman–Crippen MR) is 111 cm³/mol. The monoisotopic (exact) mass is 430 g/mol. The lowest BCUT2D eigenvalue weighted by atomic mass is 10.0. The summed E-state index contributed by atoms with van der Waals surface area (Å²) < 4.78 is 0. The van der Waals surface area contributed by atoms with Crippen LogP contribution in [0.5, 0.6) is 0 Å². The second kappa shape index (κ2) is 10.7. The fraction of sp³-hybridized carbons (Fsp3) is 0.611. The topological polar surface area (TPSA) is 48.5 Å². The van der Waals surface area contributed by atoms with E-state index in [9.17, 15) is 0 Å². The van der Waals surface area contributed by atoms with E-state index in [0.29, 0.717) is 12.0 Å². The summed E-state index contributed by atoms with van der Waals surface area (Å²) in [6.07, 6.45) is 2.72. The molecule has 1 aromatic carbocycles. The minimum Gasteiger partial charge on any atom is -0.380 e. The van der Waals surface area contributed by atoms with Gasteiger partial charge in [0.2, 0.25) is 0 Å². The van der Waals surface area contributed by atoms with Crippen molar-refractivity contribution in [2.24, 2.45) is 16.8 Å². The summed E-state index contributed by atoms with van der Waals surface area (Å²) in [4.78, 5) is 4.76. The van der Waals surface area contributed by atoms with Gasteiger partial charge in [0.15, 0.2) is 5.96 Å². The van der Waals surface area contributed by atoms with Crippen molar-refractivity contribution >= 4 is 35.6 Å². The van der Waals surface area contributed by atoms with Gasteiger partial charge in [-0.3, -0.25) is 4.99 Å². The molecule has 23 heavy (non-hydrogen) atoms. The van der Waals surface area contributed by atoms with Gasteiger partial charge in [0.1, 0.15) is 0 Å². The number of anilines is 1. The zero-order chi connectivity index (χ0) is 15.8. The molecule has 0 aromatic heterocycles. The van der Waals surface area contributed by atoms with E-state index < -0.39 is 0 Å². The second-order valence-corrected chi connectivity index (χ2v) is 6.40. The highest BCUT2D eigenvalue weighted by molar-refractivity contribution is 14.0. The van der Waals surface area contributed by atoms with E-state index in [1.807, 2.05) is 6.07 Å². The van der Waals surface area contributed by atoms with Gasteiger partial charge in [-0.25, -0.2) is 0 Å². The number of benzene rings is 1.